The Hall–Kier alpha value is -1.01. The lowest BCUT2D eigenvalue weighted by Gasteiger charge is -2.20. The Morgan fingerprint density at radius 1 is 1.32 bits per heavy atom. The number of carbonyl (C=O) groups excluding carboxylic acids is 1. The first-order valence-electron chi connectivity index (χ1n) is 8.54. The summed E-state index contributed by atoms with van der Waals surface area (Å²) < 4.78 is 5.95. The Morgan fingerprint density at radius 3 is 2.64 bits per heavy atom. The zero-order valence-corrected chi connectivity index (χ0v) is 17.0. The molecule has 1 heterocycles. The number of nitrogens with two attached hydrogens (primary N) is 1. The Kier molecular flexibility index (Phi) is 11.1. The molecule has 25 heavy (non-hydrogen) atoms. The van der Waals surface area contributed by atoms with E-state index in [1.54, 1.807) is 6.07 Å². The van der Waals surface area contributed by atoms with Gasteiger partial charge in [0.15, 0.2) is 0 Å². The third-order valence-corrected chi connectivity index (χ3v) is 4.58. The Bertz CT molecular complexity index is 539. The molecule has 1 aliphatic rings. The molecule has 1 aromatic rings. The summed E-state index contributed by atoms with van der Waals surface area (Å²) in [7, 11) is 0. The van der Waals surface area contributed by atoms with Gasteiger partial charge in [-0.15, -0.1) is 24.8 Å². The molecule has 1 unspecified atom stereocenters. The summed E-state index contributed by atoms with van der Waals surface area (Å²) in [6, 6.07) is 5.50. The van der Waals surface area contributed by atoms with E-state index in [9.17, 15) is 4.79 Å². The van der Waals surface area contributed by atoms with Gasteiger partial charge >= 0.3 is 0 Å². The van der Waals surface area contributed by atoms with Gasteiger partial charge in [-0.1, -0.05) is 19.9 Å². The van der Waals surface area contributed by atoms with Crippen LogP contribution in [0.4, 0.5) is 5.69 Å². The number of hydrogen-bond acceptors (Lipinski definition) is 4. The highest BCUT2D eigenvalue weighted by atomic mass is 35.5. The van der Waals surface area contributed by atoms with Crippen molar-refractivity contribution in [1.29, 1.82) is 0 Å². The number of hydrogen-bond donors (Lipinski definition) is 1. The second kappa shape index (κ2) is 11.6. The minimum Gasteiger partial charge on any atom is -0.399 e. The first-order valence-corrected chi connectivity index (χ1v) is 8.54. The van der Waals surface area contributed by atoms with E-state index in [4.69, 9.17) is 10.5 Å². The van der Waals surface area contributed by atoms with Crippen LogP contribution in [0.15, 0.2) is 18.2 Å². The Morgan fingerprint density at radius 2 is 2.00 bits per heavy atom. The molecule has 1 fully saturated rings. The number of likely N-dealkylation sites (N-methyl/N-ethyl adjacent to an activating group) is 1. The van der Waals surface area contributed by atoms with Crippen molar-refractivity contribution in [2.45, 2.75) is 33.3 Å². The standard InChI is InChI=1S/C18H29N3O2.2ClH/c1-4-20(5-2)10-11-23-16-8-9-21(13-16)18(22)17-12-15(19)7-6-14(17)3;;/h6-7,12,16H,4-5,8-11,13,19H2,1-3H3;2*1H. The highest BCUT2D eigenvalue weighted by Gasteiger charge is 2.28. The van der Waals surface area contributed by atoms with Crippen molar-refractivity contribution < 1.29 is 9.53 Å². The predicted octanol–water partition coefficient (Wildman–Crippen LogP) is 2.99. The van der Waals surface area contributed by atoms with Gasteiger partial charge in [0, 0.05) is 30.9 Å². The fourth-order valence-electron chi connectivity index (χ4n) is 2.98. The SMILES string of the molecule is CCN(CC)CCOC1CCN(C(=O)c2cc(N)ccc2C)C1.Cl.Cl. The fourth-order valence-corrected chi connectivity index (χ4v) is 2.98. The molecule has 5 nitrogen and oxygen atoms in total. The van der Waals surface area contributed by atoms with Crippen LogP contribution in [0.1, 0.15) is 36.2 Å². The molecule has 7 heteroatoms. The molecule has 1 saturated heterocycles. The number of aryl methyl sites for hydroxylation is 1. The number of halogens is 2. The van der Waals surface area contributed by atoms with Crippen LogP contribution < -0.4 is 5.73 Å². The lowest BCUT2D eigenvalue weighted by molar-refractivity contribution is 0.0420. The van der Waals surface area contributed by atoms with E-state index < -0.39 is 0 Å². The highest BCUT2D eigenvalue weighted by Crippen LogP contribution is 2.20. The molecule has 0 radical (unpaired) electrons. The van der Waals surface area contributed by atoms with Gasteiger partial charge in [-0.25, -0.2) is 0 Å². The van der Waals surface area contributed by atoms with Gasteiger partial charge in [0.25, 0.3) is 5.91 Å². The largest absolute Gasteiger partial charge is 0.399 e. The number of amides is 1. The van der Waals surface area contributed by atoms with Gasteiger partial charge in [0.1, 0.15) is 0 Å². The van der Waals surface area contributed by atoms with Crippen LogP contribution in [-0.2, 0) is 4.74 Å². The average molecular weight is 392 g/mol. The summed E-state index contributed by atoms with van der Waals surface area (Å²) in [6.45, 7) is 11.5. The quantitative estimate of drug-likeness (QED) is 0.725. The molecule has 1 aromatic carbocycles. The normalized spacial score (nSPS) is 16.5. The van der Waals surface area contributed by atoms with Crippen molar-refractivity contribution in [3.63, 3.8) is 0 Å². The van der Waals surface area contributed by atoms with E-state index in [-0.39, 0.29) is 36.8 Å². The molecule has 0 aliphatic carbocycles. The maximum absolute atomic E-state index is 12.6. The first kappa shape index (κ1) is 24.0. The van der Waals surface area contributed by atoms with E-state index in [2.05, 4.69) is 18.7 Å². The lowest BCUT2D eigenvalue weighted by atomic mass is 10.1. The highest BCUT2D eigenvalue weighted by molar-refractivity contribution is 5.96. The molecule has 0 saturated carbocycles. The van der Waals surface area contributed by atoms with Crippen molar-refractivity contribution >= 4 is 36.4 Å². The number of carbonyl (C=O) groups is 1. The van der Waals surface area contributed by atoms with Crippen molar-refractivity contribution in [3.8, 4) is 0 Å². The molecule has 144 valence electrons. The number of nitrogen functional groups attached to an aromatic ring is 1. The number of nitrogens with zero attached hydrogens (tertiary/aromatic N) is 2. The molecule has 2 N–H and O–H groups in total. The predicted molar refractivity (Wildman–Crippen MR) is 108 cm³/mol. The fraction of sp³-hybridized carbons (Fsp3) is 0.611. The van der Waals surface area contributed by atoms with Gasteiger partial charge in [0.05, 0.1) is 12.7 Å². The smallest absolute Gasteiger partial charge is 0.254 e. The van der Waals surface area contributed by atoms with Crippen LogP contribution in [0.25, 0.3) is 0 Å². The van der Waals surface area contributed by atoms with Crippen molar-refractivity contribution in [3.05, 3.63) is 29.3 Å². The maximum Gasteiger partial charge on any atom is 0.254 e. The molecular formula is C18H31Cl2N3O2. The minimum absolute atomic E-state index is 0. The summed E-state index contributed by atoms with van der Waals surface area (Å²) >= 11 is 0. The number of ether oxygens (including phenoxy) is 1. The zero-order chi connectivity index (χ0) is 16.8. The van der Waals surface area contributed by atoms with E-state index in [0.29, 0.717) is 17.8 Å². The van der Waals surface area contributed by atoms with Crippen molar-refractivity contribution in [2.24, 2.45) is 0 Å². The van der Waals surface area contributed by atoms with Gasteiger partial charge in [0.2, 0.25) is 0 Å². The number of rotatable bonds is 7. The van der Waals surface area contributed by atoms with E-state index >= 15 is 0 Å². The minimum atomic E-state index is 0. The van der Waals surface area contributed by atoms with Gasteiger partial charge < -0.3 is 20.3 Å². The Balaban J connectivity index is 0.00000288. The summed E-state index contributed by atoms with van der Waals surface area (Å²) in [5, 5.41) is 0. The van der Waals surface area contributed by atoms with Gasteiger partial charge in [-0.2, -0.15) is 0 Å². The van der Waals surface area contributed by atoms with Gasteiger partial charge in [-0.3, -0.25) is 4.79 Å². The molecule has 1 aliphatic heterocycles. The van der Waals surface area contributed by atoms with Crippen LogP contribution >= 0.6 is 24.8 Å². The molecule has 0 aromatic heterocycles. The van der Waals surface area contributed by atoms with E-state index in [1.165, 1.54) is 0 Å². The summed E-state index contributed by atoms with van der Waals surface area (Å²) in [4.78, 5) is 16.9. The van der Waals surface area contributed by atoms with Crippen LogP contribution in [0, 0.1) is 6.92 Å². The molecule has 0 bridgehead atoms. The lowest BCUT2D eigenvalue weighted by Crippen LogP contribution is -2.32. The molecule has 1 amide bonds. The molecule has 1 atom stereocenters. The third kappa shape index (κ3) is 6.66. The van der Waals surface area contributed by atoms with E-state index in [0.717, 1.165) is 44.8 Å². The topological polar surface area (TPSA) is 58.8 Å². The van der Waals surface area contributed by atoms with Crippen molar-refractivity contribution in [1.82, 2.24) is 9.80 Å². The van der Waals surface area contributed by atoms with Crippen LogP contribution in [0.3, 0.4) is 0 Å². The summed E-state index contributed by atoms with van der Waals surface area (Å²) in [5.41, 5.74) is 8.11. The second-order valence-electron chi connectivity index (χ2n) is 6.13. The maximum atomic E-state index is 12.6. The third-order valence-electron chi connectivity index (χ3n) is 4.58. The number of benzene rings is 1. The molecule has 2 rings (SSSR count). The van der Waals surface area contributed by atoms with E-state index in [1.807, 2.05) is 24.0 Å². The average Bonchev–Trinajstić information content (AvgIpc) is 3.02. The Labute approximate surface area is 163 Å². The summed E-state index contributed by atoms with van der Waals surface area (Å²) in [6.07, 6.45) is 1.06. The summed E-state index contributed by atoms with van der Waals surface area (Å²) in [5.74, 6) is 0.0599. The molecule has 0 spiro atoms. The monoisotopic (exact) mass is 391 g/mol. The number of anilines is 1. The van der Waals surface area contributed by atoms with Crippen LogP contribution in [-0.4, -0.2) is 61.1 Å². The number of likely N-dealkylation sites (tertiary alicyclic amines) is 1. The zero-order valence-electron chi connectivity index (χ0n) is 15.4. The molecular weight excluding hydrogens is 361 g/mol. The van der Waals surface area contributed by atoms with Gasteiger partial charge in [-0.05, 0) is 44.1 Å². The first-order chi connectivity index (χ1) is 11.0. The second-order valence-corrected chi connectivity index (χ2v) is 6.13. The van der Waals surface area contributed by atoms with Crippen LogP contribution in [0.2, 0.25) is 0 Å². The van der Waals surface area contributed by atoms with Crippen molar-refractivity contribution in [2.75, 3.05) is 45.1 Å². The van der Waals surface area contributed by atoms with Crippen LogP contribution in [0.5, 0.6) is 0 Å².